The van der Waals surface area contributed by atoms with Crippen molar-refractivity contribution < 1.29 is 51.4 Å². The molecular weight excluding hydrogens is 867 g/mol. The Morgan fingerprint density at radius 2 is 1.33 bits per heavy atom. The summed E-state index contributed by atoms with van der Waals surface area (Å²) in [5.74, 6) is -5.30. The minimum Gasteiger partial charge on any atom is -0.460 e. The first-order valence-electron chi connectivity index (χ1n) is 21.6. The Kier molecular flexibility index (Phi) is 16.1. The predicted molar refractivity (Wildman–Crippen MR) is 246 cm³/mol. The topological polar surface area (TPSA) is 225 Å². The molecule has 66 heavy (non-hydrogen) atoms. The van der Waals surface area contributed by atoms with Crippen LogP contribution in [0.2, 0.25) is 0 Å². The number of amides is 4. The molecule has 0 saturated heterocycles. The second-order valence-corrected chi connectivity index (χ2v) is 20.3. The van der Waals surface area contributed by atoms with Crippen LogP contribution in [0.5, 0.6) is 0 Å². The van der Waals surface area contributed by atoms with Crippen LogP contribution in [0, 0.1) is 5.92 Å². The summed E-state index contributed by atoms with van der Waals surface area (Å²) in [4.78, 5) is 87.5. The van der Waals surface area contributed by atoms with E-state index in [1.165, 1.54) is 18.2 Å². The molecule has 1 fully saturated rings. The largest absolute Gasteiger partial charge is 0.460 e. The summed E-state index contributed by atoms with van der Waals surface area (Å²) in [6.07, 6.45) is -0.883. The van der Waals surface area contributed by atoms with Crippen molar-refractivity contribution in [1.82, 2.24) is 26.3 Å². The van der Waals surface area contributed by atoms with Crippen LogP contribution in [0.4, 0.5) is 4.79 Å². The lowest BCUT2D eigenvalue weighted by atomic mass is 10.0. The van der Waals surface area contributed by atoms with Crippen molar-refractivity contribution in [3.05, 3.63) is 120 Å². The van der Waals surface area contributed by atoms with Crippen LogP contribution in [0.1, 0.15) is 91.8 Å². The average molecular weight is 926 g/mol. The van der Waals surface area contributed by atoms with E-state index in [1.54, 1.807) is 116 Å². The van der Waals surface area contributed by atoms with Gasteiger partial charge in [-0.2, -0.15) is 0 Å². The Balaban J connectivity index is 1.44. The molecule has 352 valence electrons. The highest BCUT2D eigenvalue weighted by Crippen LogP contribution is 2.51. The number of hydrogen-bond acceptors (Lipinski definition) is 12. The molecule has 4 N–H and O–H groups in total. The summed E-state index contributed by atoms with van der Waals surface area (Å²) < 4.78 is 42.7. The van der Waals surface area contributed by atoms with E-state index in [1.807, 2.05) is 24.3 Å². The molecular formula is C49H59N5O11S. The maximum Gasteiger partial charge on any atom is 0.408 e. The third kappa shape index (κ3) is 14.4. The van der Waals surface area contributed by atoms with Crippen LogP contribution in [0.3, 0.4) is 0 Å². The van der Waals surface area contributed by atoms with Crippen LogP contribution in [0.25, 0.3) is 10.9 Å². The molecule has 0 spiro atoms. The van der Waals surface area contributed by atoms with Crippen molar-refractivity contribution in [1.29, 1.82) is 0 Å². The van der Waals surface area contributed by atoms with Crippen LogP contribution in [-0.2, 0) is 54.6 Å². The van der Waals surface area contributed by atoms with E-state index in [9.17, 15) is 37.2 Å². The van der Waals surface area contributed by atoms with Crippen molar-refractivity contribution in [2.75, 3.05) is 0 Å². The normalized spacial score (nSPS) is 17.5. The monoisotopic (exact) mass is 925 g/mol. The van der Waals surface area contributed by atoms with Gasteiger partial charge in [0.15, 0.2) is 9.84 Å². The molecule has 0 aliphatic heterocycles. The van der Waals surface area contributed by atoms with Crippen molar-refractivity contribution in [3.8, 4) is 0 Å². The number of para-hydroxylation sites is 1. The van der Waals surface area contributed by atoms with E-state index in [-0.39, 0.29) is 17.9 Å². The lowest BCUT2D eigenvalue weighted by molar-refractivity contribution is -0.157. The Bertz CT molecular complexity index is 2540. The lowest BCUT2D eigenvalue weighted by Crippen LogP contribution is -2.60. The third-order valence-electron chi connectivity index (χ3n) is 10.2. The van der Waals surface area contributed by atoms with Crippen LogP contribution >= 0.6 is 0 Å². The summed E-state index contributed by atoms with van der Waals surface area (Å²) in [5, 5.41) is 12.5. The summed E-state index contributed by atoms with van der Waals surface area (Å²) in [6, 6.07) is 23.3. The maximum atomic E-state index is 14.8. The standard InChI is InChI=1S/C49H59N5O11S/c1-31(2)42(44(58)50-34(27-40(55)64-47(3,4)5)25-26-66(61,62)35-20-13-10-14-21-35)53-45(59)49(29-36(49)38-24-23-33-19-15-16-22-37(33)51-38)54-43(57)39(28-41(56)65-48(6,7)8)52-46(60)63-30-32-17-11-9-12-18-32/h9-26,31,34,36,39,42H,27-30H2,1-8H3,(H,50,58)(H,52,60)(H,53,59)(H,54,57)/b26-25+/t34-,36?,39+,42+,49?/m1/s1. The molecule has 16 nitrogen and oxygen atoms in total. The first kappa shape index (κ1) is 50.4. The number of esters is 2. The number of nitrogens with zero attached hydrogens (tertiary/aromatic N) is 1. The molecule has 0 radical (unpaired) electrons. The van der Waals surface area contributed by atoms with Crippen LogP contribution in [0.15, 0.2) is 113 Å². The fourth-order valence-corrected chi connectivity index (χ4v) is 8.10. The van der Waals surface area contributed by atoms with Gasteiger partial charge < -0.3 is 35.5 Å². The number of hydrogen-bond donors (Lipinski definition) is 4. The van der Waals surface area contributed by atoms with E-state index in [0.29, 0.717) is 16.8 Å². The fourth-order valence-electron chi connectivity index (χ4n) is 7.01. The molecule has 2 unspecified atom stereocenters. The molecule has 0 bridgehead atoms. The SMILES string of the molecule is CC(C)[C@H](NC(=O)C1(NC(=O)[C@H](CC(=O)OC(C)(C)C)NC(=O)OCc2ccccc2)CC1c1ccc2ccccc2n1)C(=O)N[C@H](/C=C/S(=O)(=O)c1ccccc1)CC(=O)OC(C)(C)C. The number of alkyl carbamates (subject to hydrolysis) is 1. The van der Waals surface area contributed by atoms with Gasteiger partial charge >= 0.3 is 18.0 Å². The maximum absolute atomic E-state index is 14.8. The fraction of sp³-hybridized carbons (Fsp3) is 0.408. The van der Waals surface area contributed by atoms with Gasteiger partial charge in [-0.05, 0) is 89.8 Å². The summed E-state index contributed by atoms with van der Waals surface area (Å²) in [7, 11) is -4.00. The van der Waals surface area contributed by atoms with E-state index in [4.69, 9.17) is 19.2 Å². The number of sulfone groups is 1. The number of fused-ring (bicyclic) bond motifs is 1. The average Bonchev–Trinajstić information content (AvgIpc) is 3.97. The summed E-state index contributed by atoms with van der Waals surface area (Å²) in [6.45, 7) is 13.2. The molecule has 4 amide bonds. The number of carbonyl (C=O) groups excluding carboxylic acids is 6. The van der Waals surface area contributed by atoms with E-state index < -0.39 is 105 Å². The summed E-state index contributed by atoms with van der Waals surface area (Å²) in [5.41, 5.74) is -1.80. The van der Waals surface area contributed by atoms with Gasteiger partial charge in [-0.15, -0.1) is 0 Å². The van der Waals surface area contributed by atoms with E-state index >= 15 is 0 Å². The molecule has 4 aromatic rings. The highest BCUT2D eigenvalue weighted by atomic mass is 32.2. The first-order valence-corrected chi connectivity index (χ1v) is 23.2. The zero-order valence-electron chi connectivity index (χ0n) is 38.5. The van der Waals surface area contributed by atoms with Gasteiger partial charge in [-0.1, -0.05) is 86.6 Å². The minimum atomic E-state index is -4.00. The van der Waals surface area contributed by atoms with Gasteiger partial charge in [0.1, 0.15) is 35.4 Å². The Morgan fingerprint density at radius 1 is 0.742 bits per heavy atom. The van der Waals surface area contributed by atoms with Crippen LogP contribution in [-0.4, -0.2) is 84.0 Å². The molecule has 3 aromatic carbocycles. The number of aromatic nitrogens is 1. The zero-order chi connectivity index (χ0) is 48.5. The molecule has 1 aliphatic carbocycles. The second-order valence-electron chi connectivity index (χ2n) is 18.5. The smallest absolute Gasteiger partial charge is 0.408 e. The molecule has 5 atom stereocenters. The number of rotatable bonds is 18. The van der Waals surface area contributed by atoms with Crippen molar-refractivity contribution in [2.45, 2.75) is 127 Å². The molecule has 17 heteroatoms. The van der Waals surface area contributed by atoms with Gasteiger partial charge in [-0.25, -0.2) is 13.2 Å². The summed E-state index contributed by atoms with van der Waals surface area (Å²) >= 11 is 0. The van der Waals surface area contributed by atoms with Gasteiger partial charge in [0.25, 0.3) is 0 Å². The molecule has 1 heterocycles. The van der Waals surface area contributed by atoms with Gasteiger partial charge in [0.2, 0.25) is 17.7 Å². The number of benzene rings is 3. The van der Waals surface area contributed by atoms with E-state index in [0.717, 1.165) is 10.8 Å². The van der Waals surface area contributed by atoms with Gasteiger partial charge in [0.05, 0.1) is 29.3 Å². The Labute approximate surface area is 385 Å². The quantitative estimate of drug-likeness (QED) is 0.0671. The second kappa shape index (κ2) is 21.1. The predicted octanol–water partition coefficient (Wildman–Crippen LogP) is 5.95. The van der Waals surface area contributed by atoms with E-state index in [2.05, 4.69) is 21.3 Å². The molecule has 1 saturated carbocycles. The Morgan fingerprint density at radius 3 is 1.95 bits per heavy atom. The van der Waals surface area contributed by atoms with Crippen molar-refractivity contribution in [3.63, 3.8) is 0 Å². The van der Waals surface area contributed by atoms with Gasteiger partial charge in [0, 0.05) is 22.4 Å². The number of nitrogens with one attached hydrogen (secondary N) is 4. The van der Waals surface area contributed by atoms with Crippen molar-refractivity contribution in [2.24, 2.45) is 5.92 Å². The number of ether oxygens (including phenoxy) is 3. The highest BCUT2D eigenvalue weighted by Gasteiger charge is 2.63. The zero-order valence-corrected chi connectivity index (χ0v) is 39.3. The lowest BCUT2D eigenvalue weighted by Gasteiger charge is -2.29. The molecule has 1 aromatic heterocycles. The van der Waals surface area contributed by atoms with Crippen LogP contribution < -0.4 is 21.3 Å². The van der Waals surface area contributed by atoms with Crippen molar-refractivity contribution >= 4 is 56.5 Å². The Hall–Kier alpha value is -6.62. The number of pyridine rings is 1. The highest BCUT2D eigenvalue weighted by molar-refractivity contribution is 7.94. The minimum absolute atomic E-state index is 0.00393. The van der Waals surface area contributed by atoms with Gasteiger partial charge in [-0.3, -0.25) is 29.0 Å². The molecule has 1 aliphatic rings. The first-order chi connectivity index (χ1) is 30.9. The molecule has 5 rings (SSSR count). The third-order valence-corrected chi connectivity index (χ3v) is 11.7. The number of carbonyl (C=O) groups is 6.